The molecular weight excluding hydrogens is 357 g/mol. The first-order valence-corrected chi connectivity index (χ1v) is 6.61. The third-order valence-electron chi connectivity index (χ3n) is 2.69. The van der Waals surface area contributed by atoms with Gasteiger partial charge in [0, 0.05) is 18.0 Å². The molecule has 0 spiro atoms. The topological polar surface area (TPSA) is 48.4 Å². The maximum absolute atomic E-state index is 11.7. The number of carbonyl (C=O) groups excluding carboxylic acids is 1. The molecule has 0 aliphatic heterocycles. The van der Waals surface area contributed by atoms with Crippen LogP contribution in [0.15, 0.2) is 36.7 Å². The number of aromatic nitrogens is 1. The van der Waals surface area contributed by atoms with Crippen LogP contribution in [0.3, 0.4) is 0 Å². The molecule has 4 nitrogen and oxygen atoms in total. The Morgan fingerprint density at radius 3 is 2.68 bits per heavy atom. The van der Waals surface area contributed by atoms with Gasteiger partial charge >= 0.3 is 5.97 Å². The van der Waals surface area contributed by atoms with Gasteiger partial charge in [-0.3, -0.25) is 4.98 Å². The Balaban J connectivity index is 2.53. The lowest BCUT2D eigenvalue weighted by Crippen LogP contribution is -2.04. The Morgan fingerprint density at radius 1 is 1.26 bits per heavy atom. The summed E-state index contributed by atoms with van der Waals surface area (Å²) in [6.07, 6.45) is 3.23. The summed E-state index contributed by atoms with van der Waals surface area (Å²) < 4.78 is 11.0. The van der Waals surface area contributed by atoms with Crippen molar-refractivity contribution in [3.63, 3.8) is 0 Å². The number of pyridine rings is 1. The quantitative estimate of drug-likeness (QED) is 0.616. The fourth-order valence-electron chi connectivity index (χ4n) is 1.75. The average Bonchev–Trinajstić information content (AvgIpc) is 2.46. The van der Waals surface area contributed by atoms with Crippen molar-refractivity contribution in [2.24, 2.45) is 0 Å². The lowest BCUT2D eigenvalue weighted by atomic mass is 10.0. The van der Waals surface area contributed by atoms with E-state index in [1.165, 1.54) is 7.11 Å². The van der Waals surface area contributed by atoms with E-state index in [2.05, 4.69) is 27.6 Å². The van der Waals surface area contributed by atoms with Gasteiger partial charge < -0.3 is 9.47 Å². The minimum Gasteiger partial charge on any atom is -0.496 e. The summed E-state index contributed by atoms with van der Waals surface area (Å²) in [5, 5.41) is 0. The minimum absolute atomic E-state index is 0.372. The predicted molar refractivity (Wildman–Crippen MR) is 80.3 cm³/mol. The van der Waals surface area contributed by atoms with Crippen molar-refractivity contribution in [2.75, 3.05) is 14.2 Å². The van der Waals surface area contributed by atoms with E-state index in [0.717, 1.165) is 20.4 Å². The molecule has 0 aliphatic rings. The number of rotatable bonds is 3. The zero-order valence-electron chi connectivity index (χ0n) is 10.5. The first kappa shape index (κ1) is 13.8. The molecule has 19 heavy (non-hydrogen) atoms. The largest absolute Gasteiger partial charge is 0.496 e. The van der Waals surface area contributed by atoms with Gasteiger partial charge in [0.05, 0.1) is 23.4 Å². The zero-order chi connectivity index (χ0) is 13.8. The second-order valence-electron chi connectivity index (χ2n) is 3.76. The van der Waals surface area contributed by atoms with E-state index in [1.807, 2.05) is 18.2 Å². The van der Waals surface area contributed by atoms with Crippen molar-refractivity contribution in [2.45, 2.75) is 0 Å². The SMILES string of the molecule is COC(=O)c1ccncc1-c1ccc(OC)c(I)c1. The molecule has 0 atom stereocenters. The minimum atomic E-state index is -0.372. The number of hydrogen-bond acceptors (Lipinski definition) is 4. The summed E-state index contributed by atoms with van der Waals surface area (Å²) in [7, 11) is 2.99. The van der Waals surface area contributed by atoms with Crippen molar-refractivity contribution < 1.29 is 14.3 Å². The van der Waals surface area contributed by atoms with Crippen molar-refractivity contribution in [1.29, 1.82) is 0 Å². The molecule has 1 aromatic carbocycles. The molecule has 2 rings (SSSR count). The molecule has 0 amide bonds. The van der Waals surface area contributed by atoms with Crippen LogP contribution < -0.4 is 4.74 Å². The summed E-state index contributed by atoms with van der Waals surface area (Å²) in [4.78, 5) is 15.8. The van der Waals surface area contributed by atoms with Crippen molar-refractivity contribution in [1.82, 2.24) is 4.98 Å². The number of esters is 1. The van der Waals surface area contributed by atoms with Gasteiger partial charge in [-0.05, 0) is 46.4 Å². The number of carbonyl (C=O) groups is 1. The maximum atomic E-state index is 11.7. The molecule has 5 heteroatoms. The molecule has 0 aliphatic carbocycles. The van der Waals surface area contributed by atoms with Crippen molar-refractivity contribution in [3.8, 4) is 16.9 Å². The van der Waals surface area contributed by atoms with Crippen LogP contribution in [-0.4, -0.2) is 25.2 Å². The molecule has 0 radical (unpaired) electrons. The standard InChI is InChI=1S/C14H12INO3/c1-18-13-4-3-9(7-12(13)15)11-8-16-6-5-10(11)14(17)19-2/h3-8H,1-2H3. The van der Waals surface area contributed by atoms with Crippen LogP contribution in [0.5, 0.6) is 5.75 Å². The number of benzene rings is 1. The summed E-state index contributed by atoms with van der Waals surface area (Å²) >= 11 is 2.19. The van der Waals surface area contributed by atoms with E-state index in [9.17, 15) is 4.79 Å². The third kappa shape index (κ3) is 2.86. The summed E-state index contributed by atoms with van der Waals surface area (Å²) in [6, 6.07) is 7.36. The van der Waals surface area contributed by atoms with Gasteiger partial charge in [0.2, 0.25) is 0 Å². The first-order chi connectivity index (χ1) is 9.17. The van der Waals surface area contributed by atoms with Crippen LogP contribution in [0.2, 0.25) is 0 Å². The molecule has 0 N–H and O–H groups in total. The predicted octanol–water partition coefficient (Wildman–Crippen LogP) is 3.15. The molecule has 0 fully saturated rings. The monoisotopic (exact) mass is 369 g/mol. The Bertz CT molecular complexity index is 613. The van der Waals surface area contributed by atoms with Gasteiger partial charge in [0.15, 0.2) is 0 Å². The van der Waals surface area contributed by atoms with E-state index in [0.29, 0.717) is 5.56 Å². The Hall–Kier alpha value is -1.63. The molecule has 98 valence electrons. The highest BCUT2D eigenvalue weighted by Gasteiger charge is 2.14. The van der Waals surface area contributed by atoms with Gasteiger partial charge in [0.1, 0.15) is 5.75 Å². The molecule has 1 aromatic heterocycles. The molecule has 0 saturated carbocycles. The highest BCUT2D eigenvalue weighted by molar-refractivity contribution is 14.1. The number of methoxy groups -OCH3 is 2. The normalized spacial score (nSPS) is 10.1. The summed E-state index contributed by atoms with van der Waals surface area (Å²) in [5.41, 5.74) is 2.15. The van der Waals surface area contributed by atoms with Gasteiger partial charge in [-0.2, -0.15) is 0 Å². The van der Waals surface area contributed by atoms with Crippen LogP contribution in [-0.2, 0) is 4.74 Å². The average molecular weight is 369 g/mol. The van der Waals surface area contributed by atoms with E-state index in [1.54, 1.807) is 25.6 Å². The maximum Gasteiger partial charge on any atom is 0.338 e. The van der Waals surface area contributed by atoms with E-state index in [-0.39, 0.29) is 5.97 Å². The van der Waals surface area contributed by atoms with Gasteiger partial charge in [-0.15, -0.1) is 0 Å². The number of hydrogen-bond donors (Lipinski definition) is 0. The fraction of sp³-hybridized carbons (Fsp3) is 0.143. The van der Waals surface area contributed by atoms with E-state index in [4.69, 9.17) is 9.47 Å². The molecule has 2 aromatic rings. The van der Waals surface area contributed by atoms with Gasteiger partial charge in [-0.1, -0.05) is 6.07 Å². The van der Waals surface area contributed by atoms with Gasteiger partial charge in [-0.25, -0.2) is 4.79 Å². The number of ether oxygens (including phenoxy) is 2. The van der Waals surface area contributed by atoms with E-state index < -0.39 is 0 Å². The number of nitrogens with zero attached hydrogens (tertiary/aromatic N) is 1. The smallest absolute Gasteiger partial charge is 0.338 e. The van der Waals surface area contributed by atoms with Crippen LogP contribution in [0.4, 0.5) is 0 Å². The first-order valence-electron chi connectivity index (χ1n) is 5.53. The zero-order valence-corrected chi connectivity index (χ0v) is 12.7. The van der Waals surface area contributed by atoms with Crippen molar-refractivity contribution >= 4 is 28.6 Å². The van der Waals surface area contributed by atoms with Crippen LogP contribution in [0.25, 0.3) is 11.1 Å². The Morgan fingerprint density at radius 2 is 2.05 bits per heavy atom. The molecule has 0 bridgehead atoms. The second-order valence-corrected chi connectivity index (χ2v) is 4.92. The van der Waals surface area contributed by atoms with Crippen LogP contribution in [0.1, 0.15) is 10.4 Å². The Labute approximate surface area is 124 Å². The summed E-state index contributed by atoms with van der Waals surface area (Å²) in [5.74, 6) is 0.427. The molecule has 0 unspecified atom stereocenters. The third-order valence-corrected chi connectivity index (χ3v) is 3.53. The Kier molecular flexibility index (Phi) is 4.36. The highest BCUT2D eigenvalue weighted by atomic mass is 127. The lowest BCUT2D eigenvalue weighted by Gasteiger charge is -2.09. The van der Waals surface area contributed by atoms with Gasteiger partial charge in [0.25, 0.3) is 0 Å². The number of halogens is 1. The highest BCUT2D eigenvalue weighted by Crippen LogP contribution is 2.29. The van der Waals surface area contributed by atoms with Crippen LogP contribution in [0, 0.1) is 3.57 Å². The van der Waals surface area contributed by atoms with Crippen molar-refractivity contribution in [3.05, 3.63) is 45.8 Å². The van der Waals surface area contributed by atoms with E-state index >= 15 is 0 Å². The van der Waals surface area contributed by atoms with Crippen LogP contribution >= 0.6 is 22.6 Å². The lowest BCUT2D eigenvalue weighted by molar-refractivity contribution is 0.0601. The fourth-order valence-corrected chi connectivity index (χ4v) is 2.48. The molecule has 1 heterocycles. The second kappa shape index (κ2) is 6.01. The molecular formula is C14H12INO3. The molecule has 0 saturated heterocycles. The summed E-state index contributed by atoms with van der Waals surface area (Å²) in [6.45, 7) is 0.